The normalized spacial score (nSPS) is 11.6. The second kappa shape index (κ2) is 5.00. The van der Waals surface area contributed by atoms with Gasteiger partial charge in [0.1, 0.15) is 0 Å². The Bertz CT molecular complexity index is 712. The summed E-state index contributed by atoms with van der Waals surface area (Å²) in [5.41, 5.74) is 2.18. The predicted molar refractivity (Wildman–Crippen MR) is 85.0 cm³/mol. The summed E-state index contributed by atoms with van der Waals surface area (Å²) < 4.78 is 8.85. The van der Waals surface area contributed by atoms with E-state index in [-0.39, 0.29) is 0 Å². The maximum Gasteiger partial charge on any atom is 0.177 e. The molecular formula is C15H15IN2O. The van der Waals surface area contributed by atoms with Gasteiger partial charge in [0.05, 0.1) is 11.0 Å². The minimum absolute atomic E-state index is 0.561. The molecule has 0 saturated heterocycles. The molecule has 4 heteroatoms. The summed E-state index contributed by atoms with van der Waals surface area (Å²) in [4.78, 5) is 4.72. The fraction of sp³-hybridized carbons (Fsp3) is 0.267. The molecule has 19 heavy (non-hydrogen) atoms. The highest BCUT2D eigenvalue weighted by atomic mass is 127. The molecule has 0 bridgehead atoms. The number of hydrogen-bond acceptors (Lipinski definition) is 2. The van der Waals surface area contributed by atoms with E-state index < -0.39 is 0 Å². The van der Waals surface area contributed by atoms with Crippen LogP contribution in [0.2, 0.25) is 0 Å². The molecule has 1 aromatic carbocycles. The summed E-state index contributed by atoms with van der Waals surface area (Å²) in [6.45, 7) is 5.36. The molecule has 0 amide bonds. The van der Waals surface area contributed by atoms with Crippen LogP contribution in [0.15, 0.2) is 40.8 Å². The van der Waals surface area contributed by atoms with Crippen molar-refractivity contribution in [2.75, 3.05) is 0 Å². The van der Waals surface area contributed by atoms with Crippen LogP contribution in [-0.2, 0) is 6.54 Å². The van der Waals surface area contributed by atoms with Gasteiger partial charge in [0, 0.05) is 6.54 Å². The first-order chi connectivity index (χ1) is 9.15. The summed E-state index contributed by atoms with van der Waals surface area (Å²) in [7, 11) is 0. The van der Waals surface area contributed by atoms with Gasteiger partial charge in [-0.15, -0.1) is 0 Å². The van der Waals surface area contributed by atoms with Gasteiger partial charge in [-0.2, -0.15) is 0 Å². The summed E-state index contributed by atoms with van der Waals surface area (Å²) in [5, 5.41) is 0. The molecule has 0 saturated carbocycles. The van der Waals surface area contributed by atoms with Crippen LogP contribution < -0.4 is 0 Å². The number of benzene rings is 1. The minimum Gasteiger partial charge on any atom is -0.447 e. The SMILES string of the molecule is CC(C)Cn1c(-c2ccc(I)o2)nc2ccccc21. The fourth-order valence-corrected chi connectivity index (χ4v) is 2.67. The van der Waals surface area contributed by atoms with Crippen LogP contribution in [0.5, 0.6) is 0 Å². The number of para-hydroxylation sites is 2. The van der Waals surface area contributed by atoms with E-state index in [2.05, 4.69) is 53.1 Å². The van der Waals surface area contributed by atoms with Crippen molar-refractivity contribution in [1.82, 2.24) is 9.55 Å². The molecule has 2 heterocycles. The standard InChI is InChI=1S/C15H15IN2O/c1-10(2)9-18-12-6-4-3-5-11(12)17-15(18)13-7-8-14(16)19-13/h3-8,10H,9H2,1-2H3. The largest absolute Gasteiger partial charge is 0.447 e. The van der Waals surface area contributed by atoms with Gasteiger partial charge in [-0.25, -0.2) is 4.98 Å². The number of imidazole rings is 1. The molecule has 3 aromatic rings. The van der Waals surface area contributed by atoms with E-state index in [4.69, 9.17) is 9.40 Å². The molecule has 0 fully saturated rings. The Morgan fingerprint density at radius 1 is 1.21 bits per heavy atom. The number of hydrogen-bond donors (Lipinski definition) is 0. The third kappa shape index (κ3) is 2.41. The van der Waals surface area contributed by atoms with Gasteiger partial charge >= 0.3 is 0 Å². The zero-order valence-corrected chi connectivity index (χ0v) is 13.1. The molecule has 3 rings (SSSR count). The van der Waals surface area contributed by atoms with Gasteiger partial charge < -0.3 is 8.98 Å². The van der Waals surface area contributed by atoms with Crippen molar-refractivity contribution in [1.29, 1.82) is 0 Å². The monoisotopic (exact) mass is 366 g/mol. The van der Waals surface area contributed by atoms with Crippen LogP contribution >= 0.6 is 22.6 Å². The van der Waals surface area contributed by atoms with E-state index in [9.17, 15) is 0 Å². The Balaban J connectivity index is 2.22. The second-order valence-electron chi connectivity index (χ2n) is 5.03. The van der Waals surface area contributed by atoms with E-state index in [1.807, 2.05) is 24.3 Å². The van der Waals surface area contributed by atoms with Crippen molar-refractivity contribution < 1.29 is 4.42 Å². The molecule has 0 unspecified atom stereocenters. The van der Waals surface area contributed by atoms with Crippen LogP contribution in [0.4, 0.5) is 0 Å². The highest BCUT2D eigenvalue weighted by Gasteiger charge is 2.15. The Hall–Kier alpha value is -1.30. The molecule has 0 aliphatic carbocycles. The minimum atomic E-state index is 0.561. The van der Waals surface area contributed by atoms with Crippen LogP contribution in [0, 0.1) is 9.68 Å². The Kier molecular flexibility index (Phi) is 3.35. The zero-order chi connectivity index (χ0) is 13.4. The Morgan fingerprint density at radius 3 is 2.68 bits per heavy atom. The maximum atomic E-state index is 5.72. The summed E-state index contributed by atoms with van der Waals surface area (Å²) in [5.74, 6) is 2.31. The summed E-state index contributed by atoms with van der Waals surface area (Å²) >= 11 is 2.18. The van der Waals surface area contributed by atoms with Gasteiger partial charge in [-0.05, 0) is 52.8 Å². The molecule has 98 valence electrons. The second-order valence-corrected chi connectivity index (χ2v) is 6.10. The molecule has 3 nitrogen and oxygen atoms in total. The highest BCUT2D eigenvalue weighted by molar-refractivity contribution is 14.1. The van der Waals surface area contributed by atoms with Crippen molar-refractivity contribution in [2.45, 2.75) is 20.4 Å². The van der Waals surface area contributed by atoms with Crippen molar-refractivity contribution in [3.63, 3.8) is 0 Å². The average Bonchev–Trinajstić information content (AvgIpc) is 2.94. The maximum absolute atomic E-state index is 5.72. The first-order valence-electron chi connectivity index (χ1n) is 6.36. The molecule has 0 radical (unpaired) electrons. The highest BCUT2D eigenvalue weighted by Crippen LogP contribution is 2.27. The average molecular weight is 366 g/mol. The van der Waals surface area contributed by atoms with Crippen LogP contribution in [0.1, 0.15) is 13.8 Å². The number of halogens is 1. The van der Waals surface area contributed by atoms with Crippen molar-refractivity contribution >= 4 is 33.6 Å². The molecule has 0 N–H and O–H groups in total. The number of rotatable bonds is 3. The third-order valence-electron chi connectivity index (χ3n) is 3.00. The van der Waals surface area contributed by atoms with E-state index in [1.165, 1.54) is 0 Å². The predicted octanol–water partition coefficient (Wildman–Crippen LogP) is 4.56. The van der Waals surface area contributed by atoms with Crippen molar-refractivity contribution in [3.05, 3.63) is 40.2 Å². The van der Waals surface area contributed by atoms with E-state index in [0.717, 1.165) is 32.9 Å². The van der Waals surface area contributed by atoms with Crippen LogP contribution in [0.3, 0.4) is 0 Å². The Labute approximate surface area is 125 Å². The lowest BCUT2D eigenvalue weighted by atomic mass is 10.2. The van der Waals surface area contributed by atoms with E-state index in [1.54, 1.807) is 0 Å². The van der Waals surface area contributed by atoms with Crippen LogP contribution in [0.25, 0.3) is 22.6 Å². The number of aromatic nitrogens is 2. The van der Waals surface area contributed by atoms with Gasteiger partial charge in [0.15, 0.2) is 15.4 Å². The Morgan fingerprint density at radius 2 is 2.00 bits per heavy atom. The summed E-state index contributed by atoms with van der Waals surface area (Å²) in [6, 6.07) is 12.2. The summed E-state index contributed by atoms with van der Waals surface area (Å²) in [6.07, 6.45) is 0. The molecule has 0 aliphatic heterocycles. The van der Waals surface area contributed by atoms with Crippen molar-refractivity contribution in [2.24, 2.45) is 5.92 Å². The van der Waals surface area contributed by atoms with Crippen molar-refractivity contribution in [3.8, 4) is 11.6 Å². The first kappa shape index (κ1) is 12.7. The van der Waals surface area contributed by atoms with Crippen LogP contribution in [-0.4, -0.2) is 9.55 Å². The zero-order valence-electron chi connectivity index (χ0n) is 10.9. The van der Waals surface area contributed by atoms with Gasteiger partial charge in [-0.3, -0.25) is 0 Å². The lowest BCUT2D eigenvalue weighted by Gasteiger charge is -2.10. The number of fused-ring (bicyclic) bond motifs is 1. The third-order valence-corrected chi connectivity index (χ3v) is 3.58. The van der Waals surface area contributed by atoms with E-state index in [0.29, 0.717) is 5.92 Å². The van der Waals surface area contributed by atoms with Gasteiger partial charge in [0.25, 0.3) is 0 Å². The lowest BCUT2D eigenvalue weighted by molar-refractivity contribution is 0.514. The first-order valence-corrected chi connectivity index (χ1v) is 7.44. The van der Waals surface area contributed by atoms with Gasteiger partial charge in [-0.1, -0.05) is 26.0 Å². The fourth-order valence-electron chi connectivity index (χ4n) is 2.25. The number of nitrogens with zero attached hydrogens (tertiary/aromatic N) is 2. The molecule has 2 aromatic heterocycles. The smallest absolute Gasteiger partial charge is 0.177 e. The molecule has 0 spiro atoms. The lowest BCUT2D eigenvalue weighted by Crippen LogP contribution is -2.05. The molecular weight excluding hydrogens is 351 g/mol. The molecule has 0 atom stereocenters. The topological polar surface area (TPSA) is 31.0 Å². The molecule has 0 aliphatic rings. The van der Waals surface area contributed by atoms with Gasteiger partial charge in [0.2, 0.25) is 0 Å². The van der Waals surface area contributed by atoms with E-state index >= 15 is 0 Å². The quantitative estimate of drug-likeness (QED) is 0.637. The number of furan rings is 1.